The SMILES string of the molecule is CC1(C)OB(c2ccc3c(c2)oc2cc(-c4nc(-c5ccccc5)nc(-c5ccccc5)n4)ccc23)OC1(C)C. The van der Waals surface area contributed by atoms with Crippen LogP contribution in [0.15, 0.2) is 101 Å². The second-order valence-electron chi connectivity index (χ2n) is 11.2. The zero-order valence-corrected chi connectivity index (χ0v) is 22.9. The molecule has 0 unspecified atom stereocenters. The Balaban J connectivity index is 1.31. The lowest BCUT2D eigenvalue weighted by molar-refractivity contribution is 0.00578. The molecule has 1 saturated heterocycles. The summed E-state index contributed by atoms with van der Waals surface area (Å²) in [5, 5.41) is 2.06. The molecule has 0 saturated carbocycles. The first-order valence-corrected chi connectivity index (χ1v) is 13.5. The fraction of sp³-hybridized carbons (Fsp3) is 0.182. The van der Waals surface area contributed by atoms with E-state index in [1.807, 2.05) is 78.9 Å². The van der Waals surface area contributed by atoms with E-state index in [0.717, 1.165) is 44.1 Å². The Labute approximate surface area is 233 Å². The number of aromatic nitrogens is 3. The van der Waals surface area contributed by atoms with E-state index in [4.69, 9.17) is 28.7 Å². The van der Waals surface area contributed by atoms with E-state index >= 15 is 0 Å². The minimum absolute atomic E-state index is 0.406. The Bertz CT molecular complexity index is 1790. The van der Waals surface area contributed by atoms with Crippen LogP contribution in [0.25, 0.3) is 56.1 Å². The third-order valence-electron chi connectivity index (χ3n) is 7.98. The van der Waals surface area contributed by atoms with Gasteiger partial charge in [0, 0.05) is 27.5 Å². The maximum Gasteiger partial charge on any atom is 0.494 e. The molecule has 0 atom stereocenters. The summed E-state index contributed by atoms with van der Waals surface area (Å²) in [4.78, 5) is 14.5. The molecule has 6 aromatic rings. The van der Waals surface area contributed by atoms with Crippen molar-refractivity contribution in [3.63, 3.8) is 0 Å². The molecule has 4 aromatic carbocycles. The maximum absolute atomic E-state index is 6.37. The lowest BCUT2D eigenvalue weighted by Gasteiger charge is -2.32. The summed E-state index contributed by atoms with van der Waals surface area (Å²) in [7, 11) is -0.448. The van der Waals surface area contributed by atoms with Crippen molar-refractivity contribution in [3.05, 3.63) is 97.1 Å². The molecule has 2 aromatic heterocycles. The molecule has 196 valence electrons. The monoisotopic (exact) mass is 525 g/mol. The number of nitrogens with zero attached hydrogens (tertiary/aromatic N) is 3. The summed E-state index contributed by atoms with van der Waals surface area (Å²) in [6.07, 6.45) is 0. The second-order valence-corrected chi connectivity index (χ2v) is 11.2. The molecule has 6 nitrogen and oxygen atoms in total. The van der Waals surface area contributed by atoms with Crippen LogP contribution in [-0.4, -0.2) is 33.3 Å². The van der Waals surface area contributed by atoms with Crippen molar-refractivity contribution < 1.29 is 13.7 Å². The van der Waals surface area contributed by atoms with Gasteiger partial charge in [-0.2, -0.15) is 0 Å². The van der Waals surface area contributed by atoms with Crippen molar-refractivity contribution in [3.8, 4) is 34.2 Å². The van der Waals surface area contributed by atoms with Crippen LogP contribution in [0, 0.1) is 0 Å². The summed E-state index contributed by atoms with van der Waals surface area (Å²) in [5.41, 5.74) is 4.39. The molecule has 0 aliphatic carbocycles. The summed E-state index contributed by atoms with van der Waals surface area (Å²) >= 11 is 0. The van der Waals surface area contributed by atoms with Crippen LogP contribution in [0.3, 0.4) is 0 Å². The Morgan fingerprint density at radius 3 is 1.55 bits per heavy atom. The normalized spacial score (nSPS) is 16.1. The fourth-order valence-electron chi connectivity index (χ4n) is 5.00. The van der Waals surface area contributed by atoms with E-state index in [2.05, 4.69) is 45.9 Å². The van der Waals surface area contributed by atoms with Crippen molar-refractivity contribution in [2.45, 2.75) is 38.9 Å². The zero-order valence-electron chi connectivity index (χ0n) is 22.9. The molecule has 0 amide bonds. The standard InChI is InChI=1S/C33H28BN3O3/c1-32(2)33(3,4)40-34(39-32)24-16-18-26-25-17-15-23(19-27(25)38-28(26)20-24)31-36-29(21-11-7-5-8-12-21)35-30(37-31)22-13-9-6-10-14-22/h5-20H,1-4H3. The fourth-order valence-corrected chi connectivity index (χ4v) is 5.00. The first kappa shape index (κ1) is 24.7. The Kier molecular flexibility index (Phi) is 5.63. The second kappa shape index (κ2) is 9.12. The van der Waals surface area contributed by atoms with Crippen LogP contribution in [-0.2, 0) is 9.31 Å². The van der Waals surface area contributed by atoms with Crippen LogP contribution in [0.2, 0.25) is 0 Å². The highest BCUT2D eigenvalue weighted by Gasteiger charge is 2.51. The smallest absolute Gasteiger partial charge is 0.456 e. The molecule has 40 heavy (non-hydrogen) atoms. The molecule has 7 heteroatoms. The minimum Gasteiger partial charge on any atom is -0.456 e. The molecule has 7 rings (SSSR count). The number of hydrogen-bond donors (Lipinski definition) is 0. The van der Waals surface area contributed by atoms with Crippen molar-refractivity contribution in [1.29, 1.82) is 0 Å². The van der Waals surface area contributed by atoms with Crippen molar-refractivity contribution >= 4 is 34.5 Å². The van der Waals surface area contributed by atoms with Gasteiger partial charge in [0.05, 0.1) is 11.2 Å². The molecule has 0 bridgehead atoms. The average molecular weight is 525 g/mol. The van der Waals surface area contributed by atoms with Crippen LogP contribution in [0.5, 0.6) is 0 Å². The van der Waals surface area contributed by atoms with E-state index in [0.29, 0.717) is 17.5 Å². The highest BCUT2D eigenvalue weighted by atomic mass is 16.7. The Morgan fingerprint density at radius 2 is 1.00 bits per heavy atom. The number of hydrogen-bond acceptors (Lipinski definition) is 6. The van der Waals surface area contributed by atoms with Gasteiger partial charge in [-0.15, -0.1) is 0 Å². The molecule has 1 aliphatic rings. The van der Waals surface area contributed by atoms with E-state index in [1.165, 1.54) is 0 Å². The van der Waals surface area contributed by atoms with Gasteiger partial charge in [0.25, 0.3) is 0 Å². The van der Waals surface area contributed by atoms with Crippen LogP contribution in [0.4, 0.5) is 0 Å². The van der Waals surface area contributed by atoms with Gasteiger partial charge in [0.1, 0.15) is 11.2 Å². The Hall–Kier alpha value is -4.33. The first-order valence-electron chi connectivity index (χ1n) is 13.5. The predicted octanol–water partition coefficient (Wildman–Crippen LogP) is 7.07. The highest BCUT2D eigenvalue weighted by molar-refractivity contribution is 6.62. The summed E-state index contributed by atoms with van der Waals surface area (Å²) in [6.45, 7) is 8.23. The van der Waals surface area contributed by atoms with Crippen LogP contribution >= 0.6 is 0 Å². The van der Waals surface area contributed by atoms with Gasteiger partial charge in [-0.1, -0.05) is 78.9 Å². The van der Waals surface area contributed by atoms with Crippen molar-refractivity contribution in [2.75, 3.05) is 0 Å². The van der Waals surface area contributed by atoms with Gasteiger partial charge in [-0.3, -0.25) is 0 Å². The zero-order chi connectivity index (χ0) is 27.5. The summed E-state index contributed by atoms with van der Waals surface area (Å²) < 4.78 is 18.9. The van der Waals surface area contributed by atoms with E-state index in [1.54, 1.807) is 0 Å². The average Bonchev–Trinajstić information content (AvgIpc) is 3.45. The lowest BCUT2D eigenvalue weighted by Crippen LogP contribution is -2.41. The molecule has 0 spiro atoms. The summed E-state index contributed by atoms with van der Waals surface area (Å²) in [5.74, 6) is 1.84. The number of furan rings is 1. The molecule has 0 radical (unpaired) electrons. The largest absolute Gasteiger partial charge is 0.494 e. The molecular formula is C33H28BN3O3. The summed E-state index contributed by atoms with van der Waals surface area (Å²) in [6, 6.07) is 32.2. The van der Waals surface area contributed by atoms with Gasteiger partial charge in [0.15, 0.2) is 17.5 Å². The van der Waals surface area contributed by atoms with E-state index < -0.39 is 18.3 Å². The number of benzene rings is 4. The van der Waals surface area contributed by atoms with Crippen molar-refractivity contribution in [1.82, 2.24) is 15.0 Å². The number of fused-ring (bicyclic) bond motifs is 3. The van der Waals surface area contributed by atoms with E-state index in [-0.39, 0.29) is 0 Å². The van der Waals surface area contributed by atoms with Crippen LogP contribution < -0.4 is 5.46 Å². The molecule has 0 N–H and O–H groups in total. The molecule has 3 heterocycles. The Morgan fingerprint density at radius 1 is 0.525 bits per heavy atom. The highest BCUT2D eigenvalue weighted by Crippen LogP contribution is 2.37. The van der Waals surface area contributed by atoms with E-state index in [9.17, 15) is 0 Å². The topological polar surface area (TPSA) is 70.3 Å². The molecular weight excluding hydrogens is 497 g/mol. The quantitative estimate of drug-likeness (QED) is 0.229. The van der Waals surface area contributed by atoms with Crippen LogP contribution in [0.1, 0.15) is 27.7 Å². The third-order valence-corrected chi connectivity index (χ3v) is 7.98. The van der Waals surface area contributed by atoms with Gasteiger partial charge >= 0.3 is 7.12 Å². The van der Waals surface area contributed by atoms with Crippen molar-refractivity contribution in [2.24, 2.45) is 0 Å². The van der Waals surface area contributed by atoms with Gasteiger partial charge < -0.3 is 13.7 Å². The maximum atomic E-state index is 6.37. The van der Waals surface area contributed by atoms with Gasteiger partial charge in [0.2, 0.25) is 0 Å². The predicted molar refractivity (Wildman–Crippen MR) is 159 cm³/mol. The number of rotatable bonds is 4. The third kappa shape index (κ3) is 4.19. The van der Waals surface area contributed by atoms with Gasteiger partial charge in [-0.05, 0) is 51.4 Å². The molecule has 1 fully saturated rings. The minimum atomic E-state index is -0.448. The lowest BCUT2D eigenvalue weighted by atomic mass is 9.79. The van der Waals surface area contributed by atoms with Gasteiger partial charge in [-0.25, -0.2) is 15.0 Å². The first-order chi connectivity index (χ1) is 19.3. The molecule has 1 aliphatic heterocycles.